The van der Waals surface area contributed by atoms with Crippen molar-refractivity contribution in [3.63, 3.8) is 0 Å². The van der Waals surface area contributed by atoms with Crippen LogP contribution >= 0.6 is 12.6 Å². The van der Waals surface area contributed by atoms with E-state index in [1.165, 1.54) is 16.5 Å². The Bertz CT molecular complexity index is 1370. The second-order valence-corrected chi connectivity index (χ2v) is 7.92. The number of aryl methyl sites for hydroxylation is 2. The highest BCUT2D eigenvalue weighted by Crippen LogP contribution is 2.48. The van der Waals surface area contributed by atoms with Gasteiger partial charge < -0.3 is 19.6 Å². The largest absolute Gasteiger partial charge is 0.494 e. The van der Waals surface area contributed by atoms with Crippen LogP contribution in [0.1, 0.15) is 12.0 Å². The number of nitrogens with zero attached hydrogens (tertiary/aromatic N) is 1. The van der Waals surface area contributed by atoms with Crippen molar-refractivity contribution in [1.29, 1.82) is 0 Å². The topological polar surface area (TPSA) is 56.7 Å². The monoisotopic (exact) mass is 385 g/mol. The van der Waals surface area contributed by atoms with E-state index in [0.717, 1.165) is 52.5 Å². The van der Waals surface area contributed by atoms with Gasteiger partial charge >= 0.3 is 0 Å². The van der Waals surface area contributed by atoms with E-state index in [4.69, 9.17) is 0 Å². The fourth-order valence-electron chi connectivity index (χ4n) is 4.73. The molecule has 1 aliphatic heterocycles. The van der Waals surface area contributed by atoms with Crippen LogP contribution in [0.25, 0.3) is 44.1 Å². The van der Waals surface area contributed by atoms with Crippen molar-refractivity contribution >= 4 is 34.4 Å². The molecule has 5 aromatic rings. The number of benzene rings is 2. The zero-order valence-electron chi connectivity index (χ0n) is 15.2. The fraction of sp³-hybridized carbons (Fsp3) is 0.130. The summed E-state index contributed by atoms with van der Waals surface area (Å²) in [5.74, 6) is 0.161. The standard InChI is InChI=1S/C23H19N3OS/c27-22-19(17-12-26-10-4-6-13-5-3-8-15(17)21(13)26)20(23(28)25-22)16-11-24-18-9-2-1-7-14(16)18/h1-3,5,7-9,11-12,24-25,27-28H,4,6,10H2. The molecule has 4 heterocycles. The summed E-state index contributed by atoms with van der Waals surface area (Å²) < 4.78 is 2.33. The maximum atomic E-state index is 10.8. The molecule has 0 saturated carbocycles. The number of fused-ring (bicyclic) bond motifs is 1. The van der Waals surface area contributed by atoms with Gasteiger partial charge in [-0.25, -0.2) is 0 Å². The van der Waals surface area contributed by atoms with Gasteiger partial charge in [0, 0.05) is 51.9 Å². The molecule has 0 bridgehead atoms. The average Bonchev–Trinajstić information content (AvgIpc) is 3.37. The quantitative estimate of drug-likeness (QED) is 0.288. The second kappa shape index (κ2) is 5.72. The molecule has 0 radical (unpaired) electrons. The van der Waals surface area contributed by atoms with E-state index in [9.17, 15) is 5.11 Å². The molecule has 0 fully saturated rings. The number of aromatic nitrogens is 3. The summed E-state index contributed by atoms with van der Waals surface area (Å²) in [7, 11) is 0. The maximum Gasteiger partial charge on any atom is 0.197 e. The van der Waals surface area contributed by atoms with Crippen LogP contribution in [0.15, 0.2) is 59.9 Å². The van der Waals surface area contributed by atoms with Crippen LogP contribution in [0.3, 0.4) is 0 Å². The van der Waals surface area contributed by atoms with Gasteiger partial charge in [-0.1, -0.05) is 36.4 Å². The van der Waals surface area contributed by atoms with E-state index in [-0.39, 0.29) is 5.88 Å². The molecule has 5 heteroatoms. The van der Waals surface area contributed by atoms with E-state index in [2.05, 4.69) is 63.7 Å². The van der Waals surface area contributed by atoms with E-state index >= 15 is 0 Å². The van der Waals surface area contributed by atoms with Crippen molar-refractivity contribution in [2.75, 3.05) is 0 Å². The minimum Gasteiger partial charge on any atom is -0.494 e. The number of thiol groups is 1. The minimum atomic E-state index is 0.161. The van der Waals surface area contributed by atoms with Gasteiger partial charge in [0.05, 0.1) is 16.1 Å². The Kier molecular flexibility index (Phi) is 3.26. The molecule has 0 aliphatic carbocycles. The lowest BCUT2D eigenvalue weighted by molar-refractivity contribution is 0.456. The van der Waals surface area contributed by atoms with Gasteiger partial charge in [0.1, 0.15) is 0 Å². The number of H-pyrrole nitrogens is 2. The van der Waals surface area contributed by atoms with Gasteiger partial charge in [-0.15, -0.1) is 12.6 Å². The first-order valence-corrected chi connectivity index (χ1v) is 9.98. The van der Waals surface area contributed by atoms with Crippen molar-refractivity contribution in [1.82, 2.24) is 14.5 Å². The highest BCUT2D eigenvalue weighted by molar-refractivity contribution is 7.80. The Morgan fingerprint density at radius 2 is 1.82 bits per heavy atom. The summed E-state index contributed by atoms with van der Waals surface area (Å²) in [6, 6.07) is 14.7. The molecule has 0 saturated heterocycles. The normalized spacial score (nSPS) is 13.6. The van der Waals surface area contributed by atoms with Crippen LogP contribution in [-0.2, 0) is 13.0 Å². The number of para-hydroxylation sites is 2. The lowest BCUT2D eigenvalue weighted by Gasteiger charge is -2.14. The SMILES string of the molecule is Oc1[nH]c(S)c(-c2c[nH]c3ccccc23)c1-c1cn2c3c(cccc13)CCC2. The number of hydrogen-bond acceptors (Lipinski definition) is 2. The van der Waals surface area contributed by atoms with Crippen molar-refractivity contribution in [3.8, 4) is 28.1 Å². The zero-order valence-corrected chi connectivity index (χ0v) is 16.1. The van der Waals surface area contributed by atoms with Crippen LogP contribution in [-0.4, -0.2) is 19.6 Å². The third-order valence-electron chi connectivity index (χ3n) is 5.92. The number of aromatic hydroxyl groups is 1. The third-order valence-corrected chi connectivity index (χ3v) is 6.25. The van der Waals surface area contributed by atoms with Crippen LogP contribution in [0.2, 0.25) is 0 Å². The molecule has 28 heavy (non-hydrogen) atoms. The average molecular weight is 385 g/mol. The number of rotatable bonds is 2. The summed E-state index contributed by atoms with van der Waals surface area (Å²) in [5, 5.41) is 13.8. The predicted molar refractivity (Wildman–Crippen MR) is 116 cm³/mol. The summed E-state index contributed by atoms with van der Waals surface area (Å²) in [5.41, 5.74) is 7.57. The van der Waals surface area contributed by atoms with Gasteiger partial charge in [-0.3, -0.25) is 0 Å². The molecule has 138 valence electrons. The molecule has 1 aliphatic rings. The smallest absolute Gasteiger partial charge is 0.197 e. The van der Waals surface area contributed by atoms with Gasteiger partial charge in [0.2, 0.25) is 0 Å². The minimum absolute atomic E-state index is 0.161. The second-order valence-electron chi connectivity index (χ2n) is 7.47. The van der Waals surface area contributed by atoms with Gasteiger partial charge in [0.25, 0.3) is 0 Å². The summed E-state index contributed by atoms with van der Waals surface area (Å²) in [6.45, 7) is 1.01. The molecule has 0 unspecified atom stereocenters. The predicted octanol–water partition coefficient (Wildman–Crippen LogP) is 5.73. The Balaban J connectivity index is 1.69. The molecule has 0 amide bonds. The molecule has 0 atom stereocenters. The fourth-order valence-corrected chi connectivity index (χ4v) is 5.07. The number of hydrogen-bond donors (Lipinski definition) is 4. The molecular weight excluding hydrogens is 366 g/mol. The molecule has 0 spiro atoms. The zero-order chi connectivity index (χ0) is 18.8. The number of aromatic amines is 2. The lowest BCUT2D eigenvalue weighted by atomic mass is 9.96. The molecule has 3 N–H and O–H groups in total. The van der Waals surface area contributed by atoms with E-state index in [1.807, 2.05) is 18.3 Å². The Morgan fingerprint density at radius 1 is 0.964 bits per heavy atom. The van der Waals surface area contributed by atoms with Gasteiger partial charge in [0.15, 0.2) is 5.88 Å². The lowest BCUT2D eigenvalue weighted by Crippen LogP contribution is -2.05. The first-order chi connectivity index (χ1) is 13.7. The van der Waals surface area contributed by atoms with Gasteiger partial charge in [-0.05, 0) is 24.5 Å². The van der Waals surface area contributed by atoms with Crippen LogP contribution < -0.4 is 0 Å². The molecule has 4 nitrogen and oxygen atoms in total. The molecular formula is C23H19N3OS. The van der Waals surface area contributed by atoms with Crippen molar-refractivity contribution in [2.24, 2.45) is 0 Å². The molecule has 3 aromatic heterocycles. The van der Waals surface area contributed by atoms with E-state index in [1.54, 1.807) is 0 Å². The Hall–Kier alpha value is -3.05. The summed E-state index contributed by atoms with van der Waals surface area (Å²) in [4.78, 5) is 6.39. The summed E-state index contributed by atoms with van der Waals surface area (Å²) >= 11 is 4.67. The van der Waals surface area contributed by atoms with E-state index < -0.39 is 0 Å². The first kappa shape index (κ1) is 16.0. The van der Waals surface area contributed by atoms with Crippen LogP contribution in [0.5, 0.6) is 5.88 Å². The highest BCUT2D eigenvalue weighted by atomic mass is 32.1. The van der Waals surface area contributed by atoms with Crippen LogP contribution in [0, 0.1) is 0 Å². The third kappa shape index (κ3) is 2.08. The van der Waals surface area contributed by atoms with Gasteiger partial charge in [-0.2, -0.15) is 0 Å². The van der Waals surface area contributed by atoms with Crippen LogP contribution in [0.4, 0.5) is 0 Å². The van der Waals surface area contributed by atoms with Crippen molar-refractivity contribution in [3.05, 3.63) is 60.4 Å². The Morgan fingerprint density at radius 3 is 2.75 bits per heavy atom. The number of nitrogens with one attached hydrogen (secondary N) is 2. The Labute approximate surface area is 167 Å². The highest BCUT2D eigenvalue weighted by Gasteiger charge is 2.25. The molecule has 2 aromatic carbocycles. The van der Waals surface area contributed by atoms with E-state index in [0.29, 0.717) is 5.03 Å². The summed E-state index contributed by atoms with van der Waals surface area (Å²) in [6.07, 6.45) is 6.43. The molecule has 6 rings (SSSR count). The van der Waals surface area contributed by atoms with Crippen molar-refractivity contribution in [2.45, 2.75) is 24.4 Å². The van der Waals surface area contributed by atoms with Crippen molar-refractivity contribution < 1.29 is 5.11 Å². The first-order valence-electron chi connectivity index (χ1n) is 9.54. The maximum absolute atomic E-state index is 10.8.